The van der Waals surface area contributed by atoms with Crippen molar-refractivity contribution in [3.8, 4) is 11.5 Å². The van der Waals surface area contributed by atoms with Gasteiger partial charge in [-0.25, -0.2) is 0 Å². The number of cyclic esters (lactones) is 2. The molecule has 1 heterocycles. The van der Waals surface area contributed by atoms with E-state index >= 15 is 0 Å². The minimum atomic E-state index is -1.15. The zero-order valence-corrected chi connectivity index (χ0v) is 14.7. The van der Waals surface area contributed by atoms with Crippen molar-refractivity contribution in [3.63, 3.8) is 0 Å². The van der Waals surface area contributed by atoms with Crippen molar-refractivity contribution >= 4 is 11.9 Å². The summed E-state index contributed by atoms with van der Waals surface area (Å²) < 4.78 is 15.4. The normalized spacial score (nSPS) is 25.6. The van der Waals surface area contributed by atoms with E-state index in [1.54, 1.807) is 76.6 Å². The number of carbonyl (C=O) groups is 2. The Labute approximate surface area is 146 Å². The van der Waals surface area contributed by atoms with Crippen LogP contribution in [-0.4, -0.2) is 26.2 Å². The van der Waals surface area contributed by atoms with Gasteiger partial charge in [-0.3, -0.25) is 9.59 Å². The lowest BCUT2D eigenvalue weighted by molar-refractivity contribution is -0.154. The number of rotatable bonds is 4. The SMILES string of the molecule is COc1ccc([C@]2(C)C(=O)OC(=O)[C@]2(C)c2ccc(OC)cc2)cc1. The Morgan fingerprint density at radius 3 is 1.28 bits per heavy atom. The van der Waals surface area contributed by atoms with E-state index in [9.17, 15) is 9.59 Å². The summed E-state index contributed by atoms with van der Waals surface area (Å²) in [6.45, 7) is 3.48. The molecule has 0 radical (unpaired) electrons. The summed E-state index contributed by atoms with van der Waals surface area (Å²) in [6.07, 6.45) is 0. The second-order valence-corrected chi connectivity index (χ2v) is 6.38. The Morgan fingerprint density at radius 2 is 1.00 bits per heavy atom. The third-order valence-corrected chi connectivity index (χ3v) is 5.34. The van der Waals surface area contributed by atoms with E-state index in [0.717, 1.165) is 0 Å². The van der Waals surface area contributed by atoms with Crippen LogP contribution in [0.15, 0.2) is 48.5 Å². The van der Waals surface area contributed by atoms with Crippen LogP contribution in [0.2, 0.25) is 0 Å². The van der Waals surface area contributed by atoms with E-state index in [-0.39, 0.29) is 0 Å². The first-order chi connectivity index (χ1) is 11.9. The van der Waals surface area contributed by atoms with Crippen LogP contribution in [0, 0.1) is 0 Å². The molecular weight excluding hydrogens is 320 g/mol. The fourth-order valence-corrected chi connectivity index (χ4v) is 3.36. The van der Waals surface area contributed by atoms with Crippen LogP contribution >= 0.6 is 0 Å². The van der Waals surface area contributed by atoms with Crippen molar-refractivity contribution in [1.82, 2.24) is 0 Å². The van der Waals surface area contributed by atoms with Crippen LogP contribution in [-0.2, 0) is 25.2 Å². The molecule has 1 saturated heterocycles. The Morgan fingerprint density at radius 1 is 0.680 bits per heavy atom. The number of esters is 2. The summed E-state index contributed by atoms with van der Waals surface area (Å²) >= 11 is 0. The van der Waals surface area contributed by atoms with Gasteiger partial charge >= 0.3 is 11.9 Å². The quantitative estimate of drug-likeness (QED) is 0.632. The van der Waals surface area contributed by atoms with Crippen LogP contribution in [0.5, 0.6) is 11.5 Å². The van der Waals surface area contributed by atoms with Gasteiger partial charge in [0.15, 0.2) is 0 Å². The van der Waals surface area contributed by atoms with Crippen molar-refractivity contribution in [3.05, 3.63) is 59.7 Å². The minimum Gasteiger partial charge on any atom is -0.497 e. The van der Waals surface area contributed by atoms with Gasteiger partial charge in [0, 0.05) is 0 Å². The molecule has 0 saturated carbocycles. The van der Waals surface area contributed by atoms with Gasteiger partial charge in [0.25, 0.3) is 0 Å². The van der Waals surface area contributed by atoms with Crippen LogP contribution in [0.25, 0.3) is 0 Å². The lowest BCUT2D eigenvalue weighted by Crippen LogP contribution is -2.47. The molecule has 2 aromatic carbocycles. The summed E-state index contributed by atoms with van der Waals surface area (Å²) in [5.74, 6) is 0.245. The highest BCUT2D eigenvalue weighted by atomic mass is 16.6. The van der Waals surface area contributed by atoms with Gasteiger partial charge in [0.1, 0.15) is 22.3 Å². The van der Waals surface area contributed by atoms with E-state index in [1.165, 1.54) is 0 Å². The summed E-state index contributed by atoms with van der Waals surface area (Å²) in [7, 11) is 3.15. The largest absolute Gasteiger partial charge is 0.497 e. The smallest absolute Gasteiger partial charge is 0.325 e. The van der Waals surface area contributed by atoms with Crippen LogP contribution in [0.4, 0.5) is 0 Å². The van der Waals surface area contributed by atoms with Crippen molar-refractivity contribution in [2.45, 2.75) is 24.7 Å². The second kappa shape index (κ2) is 5.92. The number of hydrogen-bond acceptors (Lipinski definition) is 5. The highest BCUT2D eigenvalue weighted by molar-refractivity contribution is 6.08. The molecule has 0 unspecified atom stereocenters. The van der Waals surface area contributed by atoms with Gasteiger partial charge in [-0.1, -0.05) is 24.3 Å². The number of benzene rings is 2. The van der Waals surface area contributed by atoms with Crippen LogP contribution in [0.1, 0.15) is 25.0 Å². The molecule has 0 bridgehead atoms. The van der Waals surface area contributed by atoms with E-state index in [2.05, 4.69) is 0 Å². The van der Waals surface area contributed by atoms with E-state index in [0.29, 0.717) is 22.6 Å². The van der Waals surface area contributed by atoms with Crippen molar-refractivity contribution in [1.29, 1.82) is 0 Å². The fraction of sp³-hybridized carbons (Fsp3) is 0.300. The molecule has 2 atom stereocenters. The molecule has 25 heavy (non-hydrogen) atoms. The number of ether oxygens (including phenoxy) is 3. The van der Waals surface area contributed by atoms with E-state index in [4.69, 9.17) is 14.2 Å². The Kier molecular flexibility index (Phi) is 4.03. The highest BCUT2D eigenvalue weighted by Gasteiger charge is 2.64. The van der Waals surface area contributed by atoms with Gasteiger partial charge in [-0.15, -0.1) is 0 Å². The summed E-state index contributed by atoms with van der Waals surface area (Å²) in [6, 6.07) is 14.2. The monoisotopic (exact) mass is 340 g/mol. The average Bonchev–Trinajstić information content (AvgIpc) is 2.83. The van der Waals surface area contributed by atoms with Gasteiger partial charge in [0.2, 0.25) is 0 Å². The van der Waals surface area contributed by atoms with Crippen molar-refractivity contribution in [2.75, 3.05) is 14.2 Å². The maximum atomic E-state index is 12.7. The first-order valence-corrected chi connectivity index (χ1v) is 7.93. The van der Waals surface area contributed by atoms with Gasteiger partial charge < -0.3 is 14.2 Å². The minimum absolute atomic E-state index is 0.555. The molecule has 0 N–H and O–H groups in total. The zero-order chi connectivity index (χ0) is 18.2. The predicted octanol–water partition coefficient (Wildman–Crippen LogP) is 3.00. The highest BCUT2D eigenvalue weighted by Crippen LogP contribution is 2.50. The molecule has 0 aliphatic carbocycles. The Bertz CT molecular complexity index is 739. The molecule has 2 aromatic rings. The van der Waals surface area contributed by atoms with Gasteiger partial charge in [-0.2, -0.15) is 0 Å². The summed E-state index contributed by atoms with van der Waals surface area (Å²) in [5.41, 5.74) is -0.902. The lowest BCUT2D eigenvalue weighted by Gasteiger charge is -2.35. The summed E-state index contributed by atoms with van der Waals surface area (Å²) in [5, 5.41) is 0. The molecule has 1 aliphatic rings. The van der Waals surface area contributed by atoms with E-state index < -0.39 is 22.8 Å². The maximum Gasteiger partial charge on any atom is 0.325 e. The first-order valence-electron chi connectivity index (χ1n) is 7.93. The third kappa shape index (κ3) is 2.30. The zero-order valence-electron chi connectivity index (χ0n) is 14.7. The maximum absolute atomic E-state index is 12.7. The number of hydrogen-bond donors (Lipinski definition) is 0. The van der Waals surface area contributed by atoms with E-state index in [1.807, 2.05) is 0 Å². The average molecular weight is 340 g/mol. The summed E-state index contributed by atoms with van der Waals surface area (Å²) in [4.78, 5) is 25.3. The van der Waals surface area contributed by atoms with Gasteiger partial charge in [0.05, 0.1) is 14.2 Å². The molecule has 0 spiro atoms. The van der Waals surface area contributed by atoms with Gasteiger partial charge in [-0.05, 0) is 49.2 Å². The molecule has 1 fully saturated rings. The van der Waals surface area contributed by atoms with Crippen LogP contribution < -0.4 is 9.47 Å². The van der Waals surface area contributed by atoms with Crippen LogP contribution in [0.3, 0.4) is 0 Å². The molecule has 130 valence electrons. The molecule has 0 aromatic heterocycles. The fourth-order valence-electron chi connectivity index (χ4n) is 3.36. The Balaban J connectivity index is 2.16. The van der Waals surface area contributed by atoms with Crippen molar-refractivity contribution in [2.24, 2.45) is 0 Å². The standard InChI is InChI=1S/C20H20O5/c1-19(13-5-9-15(23-3)10-6-13)17(21)25-18(22)20(19,2)14-7-11-16(24-4)12-8-14/h5-12H,1-4H3/t19-,20+. The predicted molar refractivity (Wildman–Crippen MR) is 91.8 cm³/mol. The molecule has 1 aliphatic heterocycles. The lowest BCUT2D eigenvalue weighted by atomic mass is 9.60. The third-order valence-electron chi connectivity index (χ3n) is 5.34. The topological polar surface area (TPSA) is 61.8 Å². The molecule has 3 rings (SSSR count). The first kappa shape index (κ1) is 17.0. The molecule has 5 nitrogen and oxygen atoms in total. The number of carbonyl (C=O) groups excluding carboxylic acids is 2. The molecule has 0 amide bonds. The molecular formula is C20H20O5. The number of methoxy groups -OCH3 is 2. The van der Waals surface area contributed by atoms with Crippen molar-refractivity contribution < 1.29 is 23.8 Å². The second-order valence-electron chi connectivity index (χ2n) is 6.38. The molecule has 5 heteroatoms. The Hall–Kier alpha value is -2.82.